The summed E-state index contributed by atoms with van der Waals surface area (Å²) in [5.74, 6) is -6.34. The number of aromatic nitrogens is 1. The molecule has 37 heavy (non-hydrogen) atoms. The van der Waals surface area contributed by atoms with E-state index in [4.69, 9.17) is 11.5 Å². The van der Waals surface area contributed by atoms with Gasteiger partial charge in [0.25, 0.3) is 0 Å². The number of fused-ring (bicyclic) bond motifs is 1. The van der Waals surface area contributed by atoms with Crippen molar-refractivity contribution in [1.82, 2.24) is 20.9 Å². The molecule has 0 aliphatic heterocycles. The largest absolute Gasteiger partial charge is 0.481 e. The second-order valence-electron chi connectivity index (χ2n) is 8.48. The minimum absolute atomic E-state index is 0.121. The maximum atomic E-state index is 12.9. The van der Waals surface area contributed by atoms with Gasteiger partial charge in [-0.25, -0.2) is 4.79 Å². The van der Waals surface area contributed by atoms with Crippen LogP contribution in [-0.2, 0) is 35.2 Å². The highest BCUT2D eigenvalue weighted by Crippen LogP contribution is 2.19. The normalized spacial score (nSPS) is 14.1. The molecule has 0 bridgehead atoms. The molecule has 14 heteroatoms. The molecular weight excluding hydrogens is 488 g/mol. The molecule has 4 amide bonds. The summed E-state index contributed by atoms with van der Waals surface area (Å²) < 4.78 is 0. The van der Waals surface area contributed by atoms with Gasteiger partial charge >= 0.3 is 11.9 Å². The maximum absolute atomic E-state index is 12.9. The fraction of sp³-hybridized carbons (Fsp3) is 0.391. The number of nitrogens with two attached hydrogens (primary N) is 2. The van der Waals surface area contributed by atoms with E-state index >= 15 is 0 Å². The molecule has 2 rings (SSSR count). The number of H-pyrrole nitrogens is 1. The van der Waals surface area contributed by atoms with Crippen molar-refractivity contribution in [1.29, 1.82) is 0 Å². The average Bonchev–Trinajstić information content (AvgIpc) is 3.22. The van der Waals surface area contributed by atoms with E-state index in [1.165, 1.54) is 6.92 Å². The molecule has 4 atom stereocenters. The lowest BCUT2D eigenvalue weighted by Gasteiger charge is -2.24. The van der Waals surface area contributed by atoms with E-state index in [0.717, 1.165) is 10.9 Å². The predicted octanol–water partition coefficient (Wildman–Crippen LogP) is -1.66. The summed E-state index contributed by atoms with van der Waals surface area (Å²) in [7, 11) is 0. The molecule has 4 unspecified atom stereocenters. The SMILES string of the molecule is CC(N)C(=O)NC(CCC(N)=O)C(=O)NC(CC(=O)O)C(=O)NC(Cc1c[nH]c2ccccc12)C(=O)O. The number of hydrogen-bond acceptors (Lipinski definition) is 7. The number of carbonyl (C=O) groups excluding carboxylic acids is 4. The zero-order chi connectivity index (χ0) is 27.7. The van der Waals surface area contributed by atoms with E-state index < -0.39 is 66.2 Å². The van der Waals surface area contributed by atoms with Crippen LogP contribution in [0.15, 0.2) is 30.5 Å². The van der Waals surface area contributed by atoms with Crippen molar-refractivity contribution in [2.75, 3.05) is 0 Å². The minimum Gasteiger partial charge on any atom is -0.481 e. The zero-order valence-corrected chi connectivity index (χ0v) is 20.0. The number of para-hydroxylation sites is 1. The van der Waals surface area contributed by atoms with Crippen LogP contribution in [-0.4, -0.2) is 74.9 Å². The van der Waals surface area contributed by atoms with E-state index in [1.807, 2.05) is 0 Å². The van der Waals surface area contributed by atoms with Crippen LogP contribution in [0, 0.1) is 0 Å². The first-order chi connectivity index (χ1) is 17.4. The number of carbonyl (C=O) groups is 6. The van der Waals surface area contributed by atoms with Gasteiger partial charge in [0.1, 0.15) is 18.1 Å². The summed E-state index contributed by atoms with van der Waals surface area (Å²) in [5.41, 5.74) is 12.0. The number of nitrogens with one attached hydrogen (secondary N) is 4. The first-order valence-electron chi connectivity index (χ1n) is 11.3. The number of aliphatic carboxylic acids is 2. The molecule has 200 valence electrons. The van der Waals surface area contributed by atoms with Gasteiger partial charge < -0.3 is 42.6 Å². The van der Waals surface area contributed by atoms with Crippen molar-refractivity contribution >= 4 is 46.5 Å². The molecule has 0 spiro atoms. The van der Waals surface area contributed by atoms with Crippen LogP contribution in [0.1, 0.15) is 31.7 Å². The average molecular weight is 519 g/mol. The third-order valence-electron chi connectivity index (χ3n) is 5.45. The number of aromatic amines is 1. The standard InChI is InChI=1S/C23H30N6O8/c1-11(24)20(33)27-15(6-7-18(25)30)21(34)28-16(9-19(31)32)22(35)29-17(23(36)37)8-12-10-26-14-5-3-2-4-13(12)14/h2-5,10-11,15-17,26H,6-9,24H2,1H3,(H2,25,30)(H,27,33)(H,28,34)(H,29,35)(H,31,32)(H,36,37). The third-order valence-corrected chi connectivity index (χ3v) is 5.45. The monoisotopic (exact) mass is 518 g/mol. The van der Waals surface area contributed by atoms with Gasteiger partial charge in [-0.05, 0) is 25.0 Å². The Balaban J connectivity index is 2.19. The number of hydrogen-bond donors (Lipinski definition) is 8. The number of primary amides is 1. The molecular formula is C23H30N6O8. The summed E-state index contributed by atoms with van der Waals surface area (Å²) in [6.45, 7) is 1.36. The topological polar surface area (TPSA) is 247 Å². The van der Waals surface area contributed by atoms with E-state index in [9.17, 15) is 39.0 Å². The third kappa shape index (κ3) is 8.61. The summed E-state index contributed by atoms with van der Waals surface area (Å²) >= 11 is 0. The Labute approximate surface area is 211 Å². The molecule has 0 fully saturated rings. The maximum Gasteiger partial charge on any atom is 0.326 e. The van der Waals surface area contributed by atoms with Crippen molar-refractivity contribution < 1.29 is 39.0 Å². The van der Waals surface area contributed by atoms with E-state index in [0.29, 0.717) is 5.56 Å². The Bertz CT molecular complexity index is 1180. The Hall–Kier alpha value is -4.46. The van der Waals surface area contributed by atoms with Crippen LogP contribution < -0.4 is 27.4 Å². The molecule has 0 saturated heterocycles. The van der Waals surface area contributed by atoms with Gasteiger partial charge in [0.05, 0.1) is 12.5 Å². The van der Waals surface area contributed by atoms with E-state index in [1.54, 1.807) is 30.5 Å². The Kier molecular flexibility index (Phi) is 10.1. The molecule has 1 heterocycles. The first-order valence-corrected chi connectivity index (χ1v) is 11.3. The number of carboxylic acids is 2. The smallest absolute Gasteiger partial charge is 0.326 e. The van der Waals surface area contributed by atoms with E-state index in [2.05, 4.69) is 20.9 Å². The quantitative estimate of drug-likeness (QED) is 0.142. The van der Waals surface area contributed by atoms with Gasteiger partial charge in [0.15, 0.2) is 0 Å². The fourth-order valence-corrected chi connectivity index (χ4v) is 3.51. The highest BCUT2D eigenvalue weighted by molar-refractivity contribution is 5.96. The van der Waals surface area contributed by atoms with Crippen LogP contribution in [0.3, 0.4) is 0 Å². The Morgan fingerprint density at radius 3 is 2.11 bits per heavy atom. The van der Waals surface area contributed by atoms with Gasteiger partial charge in [0, 0.05) is 29.9 Å². The van der Waals surface area contributed by atoms with Gasteiger partial charge in [-0.1, -0.05) is 18.2 Å². The van der Waals surface area contributed by atoms with Crippen molar-refractivity contribution in [3.63, 3.8) is 0 Å². The number of carboxylic acid groups (broad SMARTS) is 2. The first kappa shape index (κ1) is 28.8. The predicted molar refractivity (Wildman–Crippen MR) is 130 cm³/mol. The lowest BCUT2D eigenvalue weighted by atomic mass is 10.0. The molecule has 1 aromatic carbocycles. The number of benzene rings is 1. The van der Waals surface area contributed by atoms with Gasteiger partial charge in [-0.2, -0.15) is 0 Å². The minimum atomic E-state index is -1.68. The summed E-state index contributed by atoms with van der Waals surface area (Å²) in [4.78, 5) is 75.1. The molecule has 0 radical (unpaired) electrons. The van der Waals surface area contributed by atoms with Crippen LogP contribution >= 0.6 is 0 Å². The highest BCUT2D eigenvalue weighted by Gasteiger charge is 2.31. The van der Waals surface area contributed by atoms with Crippen molar-refractivity contribution in [3.8, 4) is 0 Å². The molecule has 0 saturated carbocycles. The molecule has 2 aromatic rings. The van der Waals surface area contributed by atoms with Crippen molar-refractivity contribution in [2.45, 2.75) is 56.8 Å². The molecule has 0 aliphatic rings. The van der Waals surface area contributed by atoms with Crippen molar-refractivity contribution in [3.05, 3.63) is 36.0 Å². The number of rotatable bonds is 14. The van der Waals surface area contributed by atoms with Crippen LogP contribution in [0.4, 0.5) is 0 Å². The summed E-state index contributed by atoms with van der Waals surface area (Å²) in [6, 6.07) is 1.67. The summed E-state index contributed by atoms with van der Waals surface area (Å²) in [5, 5.41) is 26.5. The number of amides is 4. The highest BCUT2D eigenvalue weighted by atomic mass is 16.4. The van der Waals surface area contributed by atoms with Crippen LogP contribution in [0.2, 0.25) is 0 Å². The second-order valence-corrected chi connectivity index (χ2v) is 8.48. The van der Waals surface area contributed by atoms with E-state index in [-0.39, 0.29) is 19.3 Å². The molecule has 1 aromatic heterocycles. The van der Waals surface area contributed by atoms with Gasteiger partial charge in [-0.3, -0.25) is 24.0 Å². The van der Waals surface area contributed by atoms with Crippen LogP contribution in [0.25, 0.3) is 10.9 Å². The zero-order valence-electron chi connectivity index (χ0n) is 20.0. The van der Waals surface area contributed by atoms with Crippen molar-refractivity contribution in [2.24, 2.45) is 11.5 Å². The molecule has 10 N–H and O–H groups in total. The fourth-order valence-electron chi connectivity index (χ4n) is 3.51. The second kappa shape index (κ2) is 13.0. The Morgan fingerprint density at radius 2 is 1.51 bits per heavy atom. The summed E-state index contributed by atoms with van der Waals surface area (Å²) in [6.07, 6.45) is 0.0805. The molecule has 0 aliphatic carbocycles. The molecule has 14 nitrogen and oxygen atoms in total. The lowest BCUT2D eigenvalue weighted by molar-refractivity contribution is -0.143. The van der Waals surface area contributed by atoms with Gasteiger partial charge in [0.2, 0.25) is 23.6 Å². The lowest BCUT2D eigenvalue weighted by Crippen LogP contribution is -2.57. The van der Waals surface area contributed by atoms with Crippen LogP contribution in [0.5, 0.6) is 0 Å². The van der Waals surface area contributed by atoms with Gasteiger partial charge in [-0.15, -0.1) is 0 Å². The Morgan fingerprint density at radius 1 is 0.919 bits per heavy atom.